The topological polar surface area (TPSA) is 94.8 Å². The number of aryl methyl sites for hydroxylation is 1. The monoisotopic (exact) mass is 324 g/mol. The molecule has 0 bridgehead atoms. The second kappa shape index (κ2) is 7.32. The van der Waals surface area contributed by atoms with Crippen molar-refractivity contribution in [3.8, 4) is 5.75 Å². The zero-order valence-corrected chi connectivity index (χ0v) is 13.1. The van der Waals surface area contributed by atoms with Crippen molar-refractivity contribution >= 4 is 11.7 Å². The fraction of sp³-hybridized carbons (Fsp3) is 0.188. The van der Waals surface area contributed by atoms with Gasteiger partial charge in [-0.05, 0) is 47.7 Å². The second-order valence-electron chi connectivity index (χ2n) is 4.90. The summed E-state index contributed by atoms with van der Waals surface area (Å²) in [7, 11) is 0. The average molecular weight is 324 g/mol. The Balaban J connectivity index is 1.66. The van der Waals surface area contributed by atoms with E-state index in [1.54, 1.807) is 53.3 Å². The number of anilines is 1. The first-order valence-corrected chi connectivity index (χ1v) is 7.46. The van der Waals surface area contributed by atoms with Crippen molar-refractivity contribution in [3.63, 3.8) is 0 Å². The Labute approximate surface area is 138 Å². The molecule has 1 amide bonds. The summed E-state index contributed by atoms with van der Waals surface area (Å²) in [5, 5.41) is 14.1. The summed E-state index contributed by atoms with van der Waals surface area (Å²) in [5.41, 5.74) is 0.480. The van der Waals surface area contributed by atoms with Gasteiger partial charge in [-0.25, -0.2) is 9.67 Å². The molecule has 0 radical (unpaired) electrons. The van der Waals surface area contributed by atoms with Gasteiger partial charge in [0.15, 0.2) is 5.82 Å². The number of nitrogens with zero attached hydrogens (tertiary/aromatic N) is 5. The van der Waals surface area contributed by atoms with E-state index >= 15 is 0 Å². The minimum Gasteiger partial charge on any atom is -0.486 e. The lowest BCUT2D eigenvalue weighted by Gasteiger charge is -2.08. The van der Waals surface area contributed by atoms with Crippen LogP contribution in [0, 0.1) is 0 Å². The van der Waals surface area contributed by atoms with Gasteiger partial charge in [0.25, 0.3) is 5.91 Å². The van der Waals surface area contributed by atoms with E-state index in [0.29, 0.717) is 29.5 Å². The number of amides is 1. The fourth-order valence-electron chi connectivity index (χ4n) is 2.07. The third-order valence-corrected chi connectivity index (χ3v) is 3.28. The van der Waals surface area contributed by atoms with E-state index in [0.717, 1.165) is 0 Å². The molecule has 8 nitrogen and oxygen atoms in total. The van der Waals surface area contributed by atoms with Crippen LogP contribution in [0.1, 0.15) is 23.1 Å². The summed E-state index contributed by atoms with van der Waals surface area (Å²) in [6.45, 7) is 2.84. The molecule has 0 aliphatic carbocycles. The molecule has 0 atom stereocenters. The molecule has 0 aliphatic rings. The number of pyridine rings is 1. The van der Waals surface area contributed by atoms with Gasteiger partial charge in [0.05, 0.1) is 0 Å². The number of carbonyl (C=O) groups excluding carboxylic acids is 1. The van der Waals surface area contributed by atoms with E-state index in [9.17, 15) is 4.79 Å². The summed E-state index contributed by atoms with van der Waals surface area (Å²) >= 11 is 0. The molecule has 24 heavy (non-hydrogen) atoms. The number of aromatic nitrogens is 5. The van der Waals surface area contributed by atoms with Crippen molar-refractivity contribution in [2.75, 3.05) is 5.32 Å². The third kappa shape index (κ3) is 3.72. The zero-order valence-electron chi connectivity index (χ0n) is 13.1. The summed E-state index contributed by atoms with van der Waals surface area (Å²) in [6, 6.07) is 12.2. The molecule has 0 aliphatic heterocycles. The van der Waals surface area contributed by atoms with Gasteiger partial charge >= 0.3 is 0 Å². The smallest absolute Gasteiger partial charge is 0.256 e. The van der Waals surface area contributed by atoms with Crippen molar-refractivity contribution in [2.45, 2.75) is 20.1 Å². The lowest BCUT2D eigenvalue weighted by molar-refractivity contribution is 0.102. The van der Waals surface area contributed by atoms with E-state index in [-0.39, 0.29) is 12.5 Å². The Morgan fingerprint density at radius 2 is 2.17 bits per heavy atom. The fourth-order valence-corrected chi connectivity index (χ4v) is 2.07. The van der Waals surface area contributed by atoms with E-state index in [1.807, 2.05) is 6.92 Å². The summed E-state index contributed by atoms with van der Waals surface area (Å²) in [4.78, 5) is 16.3. The van der Waals surface area contributed by atoms with Crippen LogP contribution < -0.4 is 10.1 Å². The van der Waals surface area contributed by atoms with Gasteiger partial charge in [-0.15, -0.1) is 5.10 Å². The second-order valence-corrected chi connectivity index (χ2v) is 4.90. The van der Waals surface area contributed by atoms with Crippen molar-refractivity contribution in [1.29, 1.82) is 0 Å². The van der Waals surface area contributed by atoms with Crippen molar-refractivity contribution < 1.29 is 9.53 Å². The number of benzene rings is 1. The maximum absolute atomic E-state index is 12.3. The van der Waals surface area contributed by atoms with Gasteiger partial charge in [-0.2, -0.15) is 0 Å². The molecule has 122 valence electrons. The predicted octanol–water partition coefficient (Wildman–Crippen LogP) is 1.92. The van der Waals surface area contributed by atoms with Crippen LogP contribution in [0.5, 0.6) is 5.75 Å². The third-order valence-electron chi connectivity index (χ3n) is 3.28. The first kappa shape index (κ1) is 15.6. The van der Waals surface area contributed by atoms with Gasteiger partial charge in [0.1, 0.15) is 18.2 Å². The first-order valence-electron chi connectivity index (χ1n) is 7.46. The summed E-state index contributed by atoms with van der Waals surface area (Å²) < 4.78 is 7.33. The molecule has 0 saturated heterocycles. The Kier molecular flexibility index (Phi) is 4.76. The van der Waals surface area contributed by atoms with Crippen LogP contribution in [-0.2, 0) is 13.2 Å². The summed E-state index contributed by atoms with van der Waals surface area (Å²) in [6.07, 6.45) is 1.62. The summed E-state index contributed by atoms with van der Waals surface area (Å²) in [5.74, 6) is 1.43. The van der Waals surface area contributed by atoms with Crippen LogP contribution in [0.15, 0.2) is 48.7 Å². The number of ether oxygens (including phenoxy) is 1. The average Bonchev–Trinajstić information content (AvgIpc) is 3.08. The van der Waals surface area contributed by atoms with Gasteiger partial charge in [-0.1, -0.05) is 12.1 Å². The van der Waals surface area contributed by atoms with Crippen molar-refractivity contribution in [1.82, 2.24) is 25.2 Å². The van der Waals surface area contributed by atoms with Crippen LogP contribution in [-0.4, -0.2) is 31.1 Å². The highest BCUT2D eigenvalue weighted by Crippen LogP contribution is 2.16. The van der Waals surface area contributed by atoms with Crippen molar-refractivity contribution in [3.05, 3.63) is 60.0 Å². The highest BCUT2D eigenvalue weighted by atomic mass is 16.5. The molecule has 0 spiro atoms. The van der Waals surface area contributed by atoms with Gasteiger partial charge in [-0.3, -0.25) is 4.79 Å². The van der Waals surface area contributed by atoms with Crippen LogP contribution in [0.25, 0.3) is 0 Å². The Bertz CT molecular complexity index is 818. The van der Waals surface area contributed by atoms with Crippen LogP contribution in [0.3, 0.4) is 0 Å². The normalized spacial score (nSPS) is 10.4. The lowest BCUT2D eigenvalue weighted by atomic mass is 10.2. The number of hydrogen-bond donors (Lipinski definition) is 1. The minimum atomic E-state index is -0.252. The molecule has 2 heterocycles. The molecule has 2 aromatic heterocycles. The number of tetrazole rings is 1. The van der Waals surface area contributed by atoms with Crippen LogP contribution in [0.4, 0.5) is 5.82 Å². The Morgan fingerprint density at radius 1 is 1.25 bits per heavy atom. The van der Waals surface area contributed by atoms with Gasteiger partial charge < -0.3 is 10.1 Å². The Morgan fingerprint density at radius 3 is 2.96 bits per heavy atom. The number of nitrogens with one attached hydrogen (secondary N) is 1. The van der Waals surface area contributed by atoms with E-state index < -0.39 is 0 Å². The highest BCUT2D eigenvalue weighted by molar-refractivity contribution is 6.03. The molecule has 0 unspecified atom stereocenters. The van der Waals surface area contributed by atoms with Crippen molar-refractivity contribution in [2.24, 2.45) is 0 Å². The molecule has 0 fully saturated rings. The molecule has 1 N–H and O–H groups in total. The van der Waals surface area contributed by atoms with Crippen LogP contribution >= 0.6 is 0 Å². The standard InChI is InChI=1S/C16H16N6O2/c1-2-22-15(19-20-21-22)11-24-13-7-5-6-12(10-13)16(23)18-14-8-3-4-9-17-14/h3-10H,2,11H2,1H3,(H,17,18,23). The number of rotatable bonds is 6. The molecular formula is C16H16N6O2. The van der Waals surface area contributed by atoms with Crippen LogP contribution in [0.2, 0.25) is 0 Å². The predicted molar refractivity (Wildman–Crippen MR) is 86.5 cm³/mol. The highest BCUT2D eigenvalue weighted by Gasteiger charge is 2.09. The molecule has 3 aromatic rings. The maximum atomic E-state index is 12.3. The van der Waals surface area contributed by atoms with Gasteiger partial charge in [0.2, 0.25) is 0 Å². The zero-order chi connectivity index (χ0) is 16.8. The Hall–Kier alpha value is -3.29. The number of carbonyl (C=O) groups is 1. The van der Waals surface area contributed by atoms with E-state index in [2.05, 4.69) is 25.8 Å². The molecule has 3 rings (SSSR count). The van der Waals surface area contributed by atoms with Gasteiger partial charge in [0, 0.05) is 18.3 Å². The quantitative estimate of drug-likeness (QED) is 0.744. The minimum absolute atomic E-state index is 0.228. The molecular weight excluding hydrogens is 308 g/mol. The molecule has 1 aromatic carbocycles. The lowest BCUT2D eigenvalue weighted by Crippen LogP contribution is -2.13. The SMILES string of the molecule is CCn1nnnc1COc1cccc(C(=O)Nc2ccccn2)c1. The maximum Gasteiger partial charge on any atom is 0.256 e. The molecule has 8 heteroatoms. The molecule has 0 saturated carbocycles. The van der Waals surface area contributed by atoms with E-state index in [4.69, 9.17) is 4.74 Å². The largest absolute Gasteiger partial charge is 0.486 e. The number of hydrogen-bond acceptors (Lipinski definition) is 6. The van der Waals surface area contributed by atoms with E-state index in [1.165, 1.54) is 0 Å². The first-order chi connectivity index (χ1) is 11.8.